The van der Waals surface area contributed by atoms with Crippen molar-refractivity contribution in [3.05, 3.63) is 60.3 Å². The molecule has 2 aromatic carbocycles. The minimum atomic E-state index is -0.151. The average molecular weight is 462 g/mol. The maximum atomic E-state index is 13.5. The second kappa shape index (κ2) is 9.05. The number of ether oxygens (including phenoxy) is 2. The van der Waals surface area contributed by atoms with Gasteiger partial charge in [0, 0.05) is 18.3 Å². The predicted molar refractivity (Wildman–Crippen MR) is 130 cm³/mol. The molecule has 0 radical (unpaired) electrons. The molecule has 3 heterocycles. The standard InChI is InChI=1S/C24H23N5O3S/c25-7-1-9-29(23(30)17-3-5-19-20(12-17)32-11-10-31-19)24-28-18-4-2-15(13-21(18)33-24)16-6-8-27-22(26)14-16/h2-6,8,12-14H,1,7,9-11,25H2,(H2,26,27). The van der Waals surface area contributed by atoms with Crippen molar-refractivity contribution in [1.82, 2.24) is 9.97 Å². The highest BCUT2D eigenvalue weighted by Crippen LogP contribution is 2.35. The lowest BCUT2D eigenvalue weighted by Crippen LogP contribution is -2.33. The van der Waals surface area contributed by atoms with Gasteiger partial charge in [-0.2, -0.15) is 0 Å². The molecule has 0 atom stereocenters. The topological polar surface area (TPSA) is 117 Å². The third-order valence-corrected chi connectivity index (χ3v) is 6.38. The summed E-state index contributed by atoms with van der Waals surface area (Å²) in [5, 5.41) is 0.629. The van der Waals surface area contributed by atoms with Crippen LogP contribution < -0.4 is 25.8 Å². The number of anilines is 2. The van der Waals surface area contributed by atoms with Crippen molar-refractivity contribution < 1.29 is 14.3 Å². The number of hydrogen-bond donors (Lipinski definition) is 2. The maximum absolute atomic E-state index is 13.5. The van der Waals surface area contributed by atoms with E-state index in [2.05, 4.69) is 11.1 Å². The lowest BCUT2D eigenvalue weighted by atomic mass is 10.1. The van der Waals surface area contributed by atoms with Gasteiger partial charge >= 0.3 is 0 Å². The number of carbonyl (C=O) groups is 1. The van der Waals surface area contributed by atoms with Gasteiger partial charge in [0.1, 0.15) is 19.0 Å². The van der Waals surface area contributed by atoms with Gasteiger partial charge in [0.2, 0.25) is 0 Å². The number of thiazole rings is 1. The Morgan fingerprint density at radius 3 is 2.67 bits per heavy atom. The van der Waals surface area contributed by atoms with Gasteiger partial charge in [0.05, 0.1) is 10.2 Å². The summed E-state index contributed by atoms with van der Waals surface area (Å²) in [4.78, 5) is 24.0. The van der Waals surface area contributed by atoms with Gasteiger partial charge in [-0.3, -0.25) is 9.69 Å². The number of benzene rings is 2. The minimum Gasteiger partial charge on any atom is -0.486 e. The highest BCUT2D eigenvalue weighted by Gasteiger charge is 2.23. The number of rotatable bonds is 6. The quantitative estimate of drug-likeness (QED) is 0.450. The summed E-state index contributed by atoms with van der Waals surface area (Å²) in [5.41, 5.74) is 14.9. The molecule has 33 heavy (non-hydrogen) atoms. The number of pyridine rings is 1. The molecule has 1 amide bonds. The van der Waals surface area contributed by atoms with Gasteiger partial charge in [-0.25, -0.2) is 9.97 Å². The van der Waals surface area contributed by atoms with Crippen molar-refractivity contribution in [2.45, 2.75) is 6.42 Å². The number of nitrogens with zero attached hydrogens (tertiary/aromatic N) is 3. The molecule has 9 heteroatoms. The Morgan fingerprint density at radius 1 is 1.03 bits per heavy atom. The van der Waals surface area contributed by atoms with Crippen LogP contribution in [0.1, 0.15) is 16.8 Å². The normalized spacial score (nSPS) is 12.6. The van der Waals surface area contributed by atoms with Crippen LogP contribution in [0, 0.1) is 0 Å². The lowest BCUT2D eigenvalue weighted by molar-refractivity contribution is 0.0985. The molecule has 4 aromatic rings. The van der Waals surface area contributed by atoms with Gasteiger partial charge in [-0.15, -0.1) is 0 Å². The zero-order chi connectivity index (χ0) is 22.8. The van der Waals surface area contributed by atoms with Crippen LogP contribution >= 0.6 is 11.3 Å². The Kier molecular flexibility index (Phi) is 5.80. The molecule has 0 spiro atoms. The molecule has 2 aromatic heterocycles. The monoisotopic (exact) mass is 461 g/mol. The first-order chi connectivity index (χ1) is 16.1. The third-order valence-electron chi connectivity index (χ3n) is 5.34. The number of nitrogens with two attached hydrogens (primary N) is 2. The summed E-state index contributed by atoms with van der Waals surface area (Å²) in [6, 6.07) is 15.0. The van der Waals surface area contributed by atoms with E-state index in [0.29, 0.717) is 60.7 Å². The number of fused-ring (bicyclic) bond motifs is 2. The van der Waals surface area contributed by atoms with E-state index in [1.54, 1.807) is 29.3 Å². The SMILES string of the molecule is NCCCN(C(=O)c1ccc2c(c1)OCCO2)c1nc2ccc(-c3ccnc(N)c3)cc2s1. The van der Waals surface area contributed by atoms with Crippen LogP contribution in [0.3, 0.4) is 0 Å². The van der Waals surface area contributed by atoms with Crippen LogP contribution in [0.2, 0.25) is 0 Å². The lowest BCUT2D eigenvalue weighted by Gasteiger charge is -2.22. The summed E-state index contributed by atoms with van der Waals surface area (Å²) in [7, 11) is 0. The van der Waals surface area contributed by atoms with E-state index < -0.39 is 0 Å². The van der Waals surface area contributed by atoms with E-state index in [9.17, 15) is 4.79 Å². The van der Waals surface area contributed by atoms with Crippen molar-refractivity contribution in [2.24, 2.45) is 5.73 Å². The molecule has 0 unspecified atom stereocenters. The van der Waals surface area contributed by atoms with Crippen LogP contribution in [-0.2, 0) is 0 Å². The zero-order valence-electron chi connectivity index (χ0n) is 17.9. The molecule has 1 aliphatic rings. The maximum Gasteiger partial charge on any atom is 0.260 e. The van der Waals surface area contributed by atoms with Gasteiger partial charge in [-0.05, 0) is 66.6 Å². The second-order valence-electron chi connectivity index (χ2n) is 7.61. The van der Waals surface area contributed by atoms with Gasteiger partial charge in [0.25, 0.3) is 5.91 Å². The molecular weight excluding hydrogens is 438 g/mol. The van der Waals surface area contributed by atoms with Crippen LogP contribution in [-0.4, -0.2) is 42.2 Å². The molecule has 0 bridgehead atoms. The number of aromatic nitrogens is 2. The molecule has 0 aliphatic carbocycles. The van der Waals surface area contributed by atoms with Crippen molar-refractivity contribution >= 4 is 38.4 Å². The number of amides is 1. The average Bonchev–Trinajstić information content (AvgIpc) is 3.27. The van der Waals surface area contributed by atoms with E-state index in [-0.39, 0.29) is 5.91 Å². The van der Waals surface area contributed by atoms with E-state index >= 15 is 0 Å². The second-order valence-corrected chi connectivity index (χ2v) is 8.61. The minimum absolute atomic E-state index is 0.151. The highest BCUT2D eigenvalue weighted by molar-refractivity contribution is 7.22. The Hall–Kier alpha value is -3.69. The van der Waals surface area contributed by atoms with Crippen molar-refractivity contribution in [3.8, 4) is 22.6 Å². The fourth-order valence-corrected chi connectivity index (χ4v) is 4.73. The highest BCUT2D eigenvalue weighted by atomic mass is 32.1. The largest absolute Gasteiger partial charge is 0.486 e. The Balaban J connectivity index is 1.49. The molecule has 1 aliphatic heterocycles. The smallest absolute Gasteiger partial charge is 0.260 e. The first-order valence-corrected chi connectivity index (χ1v) is 11.5. The Labute approximate surface area is 194 Å². The first kappa shape index (κ1) is 21.2. The molecule has 0 saturated heterocycles. The molecule has 4 N–H and O–H groups in total. The summed E-state index contributed by atoms with van der Waals surface area (Å²) in [5.74, 6) is 1.55. The number of nitrogen functional groups attached to an aromatic ring is 1. The Bertz CT molecular complexity index is 1320. The van der Waals surface area contributed by atoms with E-state index in [1.165, 1.54) is 11.3 Å². The first-order valence-electron chi connectivity index (χ1n) is 10.7. The van der Waals surface area contributed by atoms with Crippen molar-refractivity contribution in [1.29, 1.82) is 0 Å². The molecule has 0 saturated carbocycles. The molecule has 0 fully saturated rings. The molecule has 5 rings (SSSR count). The van der Waals surface area contributed by atoms with Crippen molar-refractivity contribution in [2.75, 3.05) is 36.9 Å². The van der Waals surface area contributed by atoms with E-state index in [0.717, 1.165) is 21.3 Å². The fourth-order valence-electron chi connectivity index (χ4n) is 3.70. The zero-order valence-corrected chi connectivity index (χ0v) is 18.7. The number of hydrogen-bond acceptors (Lipinski definition) is 8. The van der Waals surface area contributed by atoms with Crippen LogP contribution in [0.5, 0.6) is 11.5 Å². The van der Waals surface area contributed by atoms with Gasteiger partial charge in [0.15, 0.2) is 16.6 Å². The predicted octanol–water partition coefficient (Wildman–Crippen LogP) is 3.71. The fraction of sp³-hybridized carbons (Fsp3) is 0.208. The number of carbonyl (C=O) groups excluding carboxylic acids is 1. The summed E-state index contributed by atoms with van der Waals surface area (Å²) in [6.07, 6.45) is 2.35. The van der Waals surface area contributed by atoms with E-state index in [4.69, 9.17) is 25.9 Å². The van der Waals surface area contributed by atoms with Gasteiger partial charge < -0.3 is 20.9 Å². The summed E-state index contributed by atoms with van der Waals surface area (Å²) in [6.45, 7) is 1.91. The Morgan fingerprint density at radius 2 is 1.85 bits per heavy atom. The molecular formula is C24H23N5O3S. The summed E-state index contributed by atoms with van der Waals surface area (Å²) >= 11 is 1.47. The molecule has 168 valence electrons. The summed E-state index contributed by atoms with van der Waals surface area (Å²) < 4.78 is 12.2. The van der Waals surface area contributed by atoms with Gasteiger partial charge in [-0.1, -0.05) is 17.4 Å². The van der Waals surface area contributed by atoms with E-state index in [1.807, 2.05) is 24.3 Å². The van der Waals surface area contributed by atoms with Crippen LogP contribution in [0.4, 0.5) is 10.9 Å². The molecule has 8 nitrogen and oxygen atoms in total. The van der Waals surface area contributed by atoms with Crippen LogP contribution in [0.15, 0.2) is 54.7 Å². The van der Waals surface area contributed by atoms with Crippen molar-refractivity contribution in [3.63, 3.8) is 0 Å². The van der Waals surface area contributed by atoms with Crippen LogP contribution in [0.25, 0.3) is 21.3 Å². The third kappa shape index (κ3) is 4.33.